The molecule has 0 radical (unpaired) electrons. The summed E-state index contributed by atoms with van der Waals surface area (Å²) in [7, 11) is 0. The first-order valence-corrected chi connectivity index (χ1v) is 7.91. The first kappa shape index (κ1) is 22.8. The van der Waals surface area contributed by atoms with Crippen LogP contribution >= 0.6 is 0 Å². The molecule has 2 amide bonds. The molecule has 0 bridgehead atoms. The van der Waals surface area contributed by atoms with Crippen molar-refractivity contribution >= 4 is 24.0 Å². The summed E-state index contributed by atoms with van der Waals surface area (Å²) in [5.41, 5.74) is -1.49. The van der Waals surface area contributed by atoms with Gasteiger partial charge in [0.1, 0.15) is 17.0 Å². The van der Waals surface area contributed by atoms with Gasteiger partial charge in [-0.25, -0.2) is 14.4 Å². The third-order valence-electron chi connectivity index (χ3n) is 2.44. The van der Waals surface area contributed by atoms with E-state index in [4.69, 9.17) is 14.6 Å². The molecule has 0 heterocycles. The summed E-state index contributed by atoms with van der Waals surface area (Å²) in [6.07, 6.45) is -3.03. The lowest BCUT2D eigenvalue weighted by molar-refractivity contribution is -0.146. The van der Waals surface area contributed by atoms with Crippen LogP contribution in [0, 0.1) is 0 Å². The van der Waals surface area contributed by atoms with Crippen LogP contribution in [-0.4, -0.2) is 51.5 Å². The van der Waals surface area contributed by atoms with Gasteiger partial charge in [-0.05, 0) is 54.4 Å². The number of hydrogen-bond donors (Lipinski definition) is 3. The number of nitrogens with one attached hydrogen (secondary N) is 1. The number of carboxylic acid groups (broad SMARTS) is 1. The van der Waals surface area contributed by atoms with Gasteiger partial charge in [-0.2, -0.15) is 4.99 Å². The molecule has 144 valence electrons. The maximum atomic E-state index is 11.8. The molecule has 9 heteroatoms. The predicted molar refractivity (Wildman–Crippen MR) is 90.5 cm³/mol. The SMILES string of the molecule is CC(C)(C)OC(=O)N=C(CCCC(O)C(=O)O)NC(=O)OC(C)(C)C. The number of rotatable bonds is 5. The van der Waals surface area contributed by atoms with Crippen molar-refractivity contribution in [2.75, 3.05) is 0 Å². The minimum Gasteiger partial charge on any atom is -0.479 e. The molecular weight excluding hydrogens is 332 g/mol. The first-order valence-electron chi connectivity index (χ1n) is 7.91. The van der Waals surface area contributed by atoms with Crippen LogP contribution in [0.2, 0.25) is 0 Å². The van der Waals surface area contributed by atoms with E-state index in [0.29, 0.717) is 0 Å². The van der Waals surface area contributed by atoms with Crippen molar-refractivity contribution in [3.05, 3.63) is 0 Å². The number of aliphatic hydroxyl groups excluding tert-OH is 1. The zero-order chi connectivity index (χ0) is 19.8. The Morgan fingerprint density at radius 1 is 1.04 bits per heavy atom. The number of carbonyl (C=O) groups excluding carboxylic acids is 2. The zero-order valence-corrected chi connectivity index (χ0v) is 15.6. The average Bonchev–Trinajstić information content (AvgIpc) is 2.32. The highest BCUT2D eigenvalue weighted by Crippen LogP contribution is 2.10. The fourth-order valence-electron chi connectivity index (χ4n) is 1.55. The van der Waals surface area contributed by atoms with Crippen LogP contribution in [0.3, 0.4) is 0 Å². The van der Waals surface area contributed by atoms with Crippen molar-refractivity contribution in [1.82, 2.24) is 5.32 Å². The Morgan fingerprint density at radius 3 is 2.00 bits per heavy atom. The molecule has 0 aromatic rings. The number of carbonyl (C=O) groups is 3. The molecule has 0 aliphatic heterocycles. The quantitative estimate of drug-likeness (QED) is 0.506. The Kier molecular flexibility index (Phi) is 8.55. The third-order valence-corrected chi connectivity index (χ3v) is 2.44. The Labute approximate surface area is 147 Å². The number of alkyl carbamates (subject to hydrolysis) is 1. The minimum atomic E-state index is -1.52. The van der Waals surface area contributed by atoms with Crippen molar-refractivity contribution < 1.29 is 34.1 Å². The summed E-state index contributed by atoms with van der Waals surface area (Å²) in [6.45, 7) is 10.1. The highest BCUT2D eigenvalue weighted by molar-refractivity contribution is 6.00. The van der Waals surface area contributed by atoms with Gasteiger partial charge in [0.2, 0.25) is 0 Å². The number of carboxylic acids is 1. The molecule has 0 aliphatic rings. The van der Waals surface area contributed by atoms with E-state index in [1.165, 1.54) is 0 Å². The van der Waals surface area contributed by atoms with Gasteiger partial charge in [-0.1, -0.05) is 0 Å². The van der Waals surface area contributed by atoms with Crippen molar-refractivity contribution in [2.45, 2.75) is 78.1 Å². The number of amidine groups is 1. The summed E-state index contributed by atoms with van der Waals surface area (Å²) in [5, 5.41) is 20.3. The van der Waals surface area contributed by atoms with E-state index in [0.717, 1.165) is 0 Å². The summed E-state index contributed by atoms with van der Waals surface area (Å²) in [6, 6.07) is 0. The van der Waals surface area contributed by atoms with E-state index >= 15 is 0 Å². The summed E-state index contributed by atoms with van der Waals surface area (Å²) < 4.78 is 10.1. The number of amides is 2. The van der Waals surface area contributed by atoms with E-state index in [2.05, 4.69) is 10.3 Å². The van der Waals surface area contributed by atoms with Crippen molar-refractivity contribution in [3.8, 4) is 0 Å². The Hall–Kier alpha value is -2.16. The number of aliphatic imine (C=N–C) groups is 1. The second-order valence-corrected chi connectivity index (χ2v) is 7.41. The minimum absolute atomic E-state index is 0.0268. The van der Waals surface area contributed by atoms with Gasteiger partial charge in [0.15, 0.2) is 6.10 Å². The molecule has 0 saturated carbocycles. The summed E-state index contributed by atoms with van der Waals surface area (Å²) >= 11 is 0. The molecule has 0 fully saturated rings. The van der Waals surface area contributed by atoms with E-state index < -0.39 is 35.5 Å². The first-order chi connectivity index (χ1) is 11.2. The fourth-order valence-corrected chi connectivity index (χ4v) is 1.55. The molecule has 0 rings (SSSR count). The van der Waals surface area contributed by atoms with Crippen LogP contribution in [-0.2, 0) is 14.3 Å². The molecule has 0 aromatic carbocycles. The maximum absolute atomic E-state index is 11.8. The van der Waals surface area contributed by atoms with Crippen molar-refractivity contribution in [1.29, 1.82) is 0 Å². The molecule has 1 atom stereocenters. The fraction of sp³-hybridized carbons (Fsp3) is 0.750. The lowest BCUT2D eigenvalue weighted by Gasteiger charge is -2.21. The van der Waals surface area contributed by atoms with Gasteiger partial charge >= 0.3 is 18.2 Å². The second-order valence-electron chi connectivity index (χ2n) is 7.41. The molecule has 0 aromatic heterocycles. The smallest absolute Gasteiger partial charge is 0.435 e. The number of ether oxygens (including phenoxy) is 2. The second kappa shape index (κ2) is 9.36. The van der Waals surface area contributed by atoms with Crippen molar-refractivity contribution in [2.24, 2.45) is 4.99 Å². The van der Waals surface area contributed by atoms with Gasteiger partial charge in [0.25, 0.3) is 0 Å². The summed E-state index contributed by atoms with van der Waals surface area (Å²) in [4.78, 5) is 37.9. The van der Waals surface area contributed by atoms with E-state index in [1.807, 2.05) is 0 Å². The van der Waals surface area contributed by atoms with Gasteiger partial charge in [0.05, 0.1) is 0 Å². The van der Waals surface area contributed by atoms with Crippen LogP contribution in [0.4, 0.5) is 9.59 Å². The van der Waals surface area contributed by atoms with Crippen LogP contribution in [0.15, 0.2) is 4.99 Å². The molecule has 0 spiro atoms. The standard InChI is InChI=1S/C16H28N2O7/c1-15(2,3)24-13(22)17-11(9-7-8-10(19)12(20)21)18-14(23)25-16(4,5)6/h10,19H,7-9H2,1-6H3,(H,20,21)(H,17,18,22,23). The molecule has 0 saturated heterocycles. The van der Waals surface area contributed by atoms with Gasteiger partial charge < -0.3 is 19.7 Å². The summed E-state index contributed by atoms with van der Waals surface area (Å²) in [5.74, 6) is -1.37. The third kappa shape index (κ3) is 12.9. The highest BCUT2D eigenvalue weighted by Gasteiger charge is 2.21. The lowest BCUT2D eigenvalue weighted by atomic mass is 10.1. The van der Waals surface area contributed by atoms with Crippen molar-refractivity contribution in [3.63, 3.8) is 0 Å². The van der Waals surface area contributed by atoms with E-state index in [-0.39, 0.29) is 25.1 Å². The number of aliphatic carboxylic acids is 1. The normalized spacial score (nSPS) is 13.8. The molecular formula is C16H28N2O7. The number of nitrogens with zero attached hydrogens (tertiary/aromatic N) is 1. The molecule has 0 aliphatic carbocycles. The molecule has 1 unspecified atom stereocenters. The topological polar surface area (TPSA) is 135 Å². The predicted octanol–water partition coefficient (Wildman–Crippen LogP) is 2.46. The van der Waals surface area contributed by atoms with Crippen LogP contribution < -0.4 is 5.32 Å². The zero-order valence-electron chi connectivity index (χ0n) is 15.6. The van der Waals surface area contributed by atoms with Crippen LogP contribution in [0.1, 0.15) is 60.8 Å². The van der Waals surface area contributed by atoms with Gasteiger partial charge in [-0.3, -0.25) is 5.32 Å². The van der Waals surface area contributed by atoms with Crippen LogP contribution in [0.25, 0.3) is 0 Å². The largest absolute Gasteiger partial charge is 0.479 e. The highest BCUT2D eigenvalue weighted by atomic mass is 16.6. The van der Waals surface area contributed by atoms with E-state index in [9.17, 15) is 19.5 Å². The lowest BCUT2D eigenvalue weighted by Crippen LogP contribution is -2.37. The Bertz CT molecular complexity index is 516. The maximum Gasteiger partial charge on any atom is 0.435 e. The van der Waals surface area contributed by atoms with Crippen LogP contribution in [0.5, 0.6) is 0 Å². The van der Waals surface area contributed by atoms with E-state index in [1.54, 1.807) is 41.5 Å². The Balaban J connectivity index is 4.95. The number of hydrogen-bond acceptors (Lipinski definition) is 6. The Morgan fingerprint density at radius 2 is 1.56 bits per heavy atom. The van der Waals surface area contributed by atoms with Gasteiger partial charge in [-0.15, -0.1) is 0 Å². The van der Waals surface area contributed by atoms with Gasteiger partial charge in [0, 0.05) is 6.42 Å². The monoisotopic (exact) mass is 360 g/mol. The average molecular weight is 360 g/mol. The number of aliphatic hydroxyl groups is 1. The molecule has 9 nitrogen and oxygen atoms in total. The molecule has 3 N–H and O–H groups in total. The molecule has 25 heavy (non-hydrogen) atoms.